The molecular weight excluding hydrogens is 322 g/mol. The van der Waals surface area contributed by atoms with E-state index in [2.05, 4.69) is 17.6 Å². The number of guanidine groups is 1. The van der Waals surface area contributed by atoms with Gasteiger partial charge in [0.15, 0.2) is 5.96 Å². The molecule has 156 valence electrons. The minimum absolute atomic E-state index is 0.0209. The zero-order valence-electron chi connectivity index (χ0n) is 17.5. The van der Waals surface area contributed by atoms with Crippen molar-refractivity contribution >= 4 is 5.96 Å². The molecule has 1 unspecified atom stereocenters. The minimum Gasteiger partial charge on any atom is -0.370 e. The van der Waals surface area contributed by atoms with E-state index in [1.54, 1.807) is 0 Å². The molecular formula is C21H47N5. The summed E-state index contributed by atoms with van der Waals surface area (Å²) in [5, 5.41) is 13.3. The molecule has 0 saturated carbocycles. The molecule has 7 N–H and O–H groups in total. The van der Waals surface area contributed by atoms with Crippen LogP contribution in [0.25, 0.3) is 0 Å². The largest absolute Gasteiger partial charge is 0.370 e. The molecule has 0 fully saturated rings. The number of nitrogens with two attached hydrogens (primary N) is 2. The Morgan fingerprint density at radius 3 is 1.69 bits per heavy atom. The highest BCUT2D eigenvalue weighted by Crippen LogP contribution is 2.12. The van der Waals surface area contributed by atoms with Gasteiger partial charge in [-0.15, -0.1) is 0 Å². The number of rotatable bonds is 20. The van der Waals surface area contributed by atoms with E-state index in [9.17, 15) is 0 Å². The molecule has 0 amide bonds. The van der Waals surface area contributed by atoms with Gasteiger partial charge in [-0.2, -0.15) is 0 Å². The molecule has 5 heteroatoms. The van der Waals surface area contributed by atoms with Crippen molar-refractivity contribution in [3.63, 3.8) is 0 Å². The molecule has 5 nitrogen and oxygen atoms in total. The van der Waals surface area contributed by atoms with Crippen molar-refractivity contribution in [1.29, 1.82) is 5.41 Å². The molecule has 0 aliphatic heterocycles. The van der Waals surface area contributed by atoms with Crippen molar-refractivity contribution in [2.24, 2.45) is 11.5 Å². The maximum Gasteiger partial charge on any atom is 0.185 e. The molecule has 0 bridgehead atoms. The fourth-order valence-electron chi connectivity index (χ4n) is 3.23. The Balaban J connectivity index is 3.10. The molecule has 26 heavy (non-hydrogen) atoms. The summed E-state index contributed by atoms with van der Waals surface area (Å²) in [4.78, 5) is 0. The summed E-state index contributed by atoms with van der Waals surface area (Å²) in [6, 6.07) is 0.133. The molecule has 0 aliphatic rings. The highest BCUT2D eigenvalue weighted by Gasteiger charge is 2.01. The normalized spacial score (nSPS) is 12.2. The summed E-state index contributed by atoms with van der Waals surface area (Å²) in [6.45, 7) is 4.87. The van der Waals surface area contributed by atoms with E-state index in [0.29, 0.717) is 6.54 Å². The maximum atomic E-state index is 7.08. The Hall–Kier alpha value is -0.810. The topological polar surface area (TPSA) is 100.0 Å². The van der Waals surface area contributed by atoms with Gasteiger partial charge < -0.3 is 22.1 Å². The summed E-state index contributed by atoms with van der Waals surface area (Å²) >= 11 is 0. The monoisotopic (exact) mass is 369 g/mol. The molecule has 0 rings (SSSR count). The van der Waals surface area contributed by atoms with E-state index in [-0.39, 0.29) is 12.0 Å². The van der Waals surface area contributed by atoms with E-state index >= 15 is 0 Å². The van der Waals surface area contributed by atoms with Gasteiger partial charge >= 0.3 is 0 Å². The highest BCUT2D eigenvalue weighted by atomic mass is 15.0. The van der Waals surface area contributed by atoms with Crippen LogP contribution in [0.15, 0.2) is 0 Å². The van der Waals surface area contributed by atoms with Crippen molar-refractivity contribution in [3.05, 3.63) is 0 Å². The number of unbranched alkanes of at least 4 members (excludes halogenated alkanes) is 13. The Morgan fingerprint density at radius 2 is 1.23 bits per heavy atom. The van der Waals surface area contributed by atoms with E-state index in [1.807, 2.05) is 0 Å². The summed E-state index contributed by atoms with van der Waals surface area (Å²) in [7, 11) is 0. The molecule has 0 aromatic rings. The molecule has 0 aromatic heterocycles. The number of hydrogen-bond donors (Lipinski definition) is 5. The quantitative estimate of drug-likeness (QED) is 0.126. The zero-order chi connectivity index (χ0) is 19.3. The first-order valence-electron chi connectivity index (χ1n) is 11.2. The van der Waals surface area contributed by atoms with E-state index in [4.69, 9.17) is 16.9 Å². The number of nitrogens with one attached hydrogen (secondary N) is 3. The van der Waals surface area contributed by atoms with Gasteiger partial charge in [-0.1, -0.05) is 90.4 Å². The molecule has 0 radical (unpaired) electrons. The maximum absolute atomic E-state index is 7.08. The van der Waals surface area contributed by atoms with Gasteiger partial charge in [0.2, 0.25) is 0 Å². The van der Waals surface area contributed by atoms with E-state index in [0.717, 1.165) is 19.5 Å². The first-order valence-corrected chi connectivity index (χ1v) is 11.2. The Kier molecular flexibility index (Phi) is 19.9. The van der Waals surface area contributed by atoms with Crippen LogP contribution in [0.4, 0.5) is 0 Å². The molecule has 1 atom stereocenters. The highest BCUT2D eigenvalue weighted by molar-refractivity contribution is 5.74. The first-order chi connectivity index (χ1) is 12.7. The summed E-state index contributed by atoms with van der Waals surface area (Å²) in [6.07, 6.45) is 20.4. The van der Waals surface area contributed by atoms with Crippen LogP contribution in [0.5, 0.6) is 0 Å². The van der Waals surface area contributed by atoms with Crippen LogP contribution in [0, 0.1) is 5.41 Å². The number of hydrogen-bond acceptors (Lipinski definition) is 3. The van der Waals surface area contributed by atoms with Crippen LogP contribution in [0.3, 0.4) is 0 Å². The lowest BCUT2D eigenvalue weighted by Crippen LogP contribution is -2.39. The van der Waals surface area contributed by atoms with Gasteiger partial charge in [0.1, 0.15) is 0 Å². The predicted molar refractivity (Wildman–Crippen MR) is 116 cm³/mol. The third kappa shape index (κ3) is 21.2. The third-order valence-electron chi connectivity index (χ3n) is 4.94. The van der Waals surface area contributed by atoms with Crippen LogP contribution in [0.1, 0.15) is 103 Å². The smallest absolute Gasteiger partial charge is 0.185 e. The molecule has 0 heterocycles. The van der Waals surface area contributed by atoms with Crippen molar-refractivity contribution in [3.8, 4) is 0 Å². The molecule has 0 spiro atoms. The van der Waals surface area contributed by atoms with Crippen molar-refractivity contribution in [1.82, 2.24) is 10.6 Å². The van der Waals surface area contributed by atoms with Gasteiger partial charge in [0.25, 0.3) is 0 Å². The standard InChI is InChI=1S/C21H47N5/c1-2-3-4-5-6-7-8-9-10-11-12-13-14-15-17-25-19-20(22)16-18-26-21(23)24/h20,25H,2-19,22H2,1H3,(H4,23,24,26). The Morgan fingerprint density at radius 1 is 0.769 bits per heavy atom. The van der Waals surface area contributed by atoms with E-state index in [1.165, 1.54) is 89.9 Å². The van der Waals surface area contributed by atoms with Crippen molar-refractivity contribution < 1.29 is 0 Å². The van der Waals surface area contributed by atoms with Crippen LogP contribution < -0.4 is 22.1 Å². The van der Waals surface area contributed by atoms with Crippen LogP contribution in [0.2, 0.25) is 0 Å². The minimum atomic E-state index is 0.0209. The van der Waals surface area contributed by atoms with Crippen molar-refractivity contribution in [2.45, 2.75) is 109 Å². The fourth-order valence-corrected chi connectivity index (χ4v) is 3.23. The fraction of sp³-hybridized carbons (Fsp3) is 0.952. The van der Waals surface area contributed by atoms with Gasteiger partial charge in [0.05, 0.1) is 0 Å². The van der Waals surface area contributed by atoms with Gasteiger partial charge in [-0.3, -0.25) is 5.41 Å². The second kappa shape index (κ2) is 20.5. The van der Waals surface area contributed by atoms with Crippen LogP contribution in [-0.4, -0.2) is 31.6 Å². The second-order valence-corrected chi connectivity index (χ2v) is 7.69. The predicted octanol–water partition coefficient (Wildman–Crippen LogP) is 4.26. The summed E-state index contributed by atoms with van der Waals surface area (Å²) < 4.78 is 0. The van der Waals surface area contributed by atoms with Gasteiger partial charge in [-0.05, 0) is 19.4 Å². The van der Waals surface area contributed by atoms with Crippen LogP contribution in [-0.2, 0) is 0 Å². The molecule has 0 aliphatic carbocycles. The lowest BCUT2D eigenvalue weighted by molar-refractivity contribution is 0.510. The molecule has 0 aromatic carbocycles. The molecule has 0 saturated heterocycles. The second-order valence-electron chi connectivity index (χ2n) is 7.69. The lowest BCUT2D eigenvalue weighted by Gasteiger charge is -2.13. The Bertz CT molecular complexity index is 296. The third-order valence-corrected chi connectivity index (χ3v) is 4.94. The van der Waals surface area contributed by atoms with Crippen molar-refractivity contribution in [2.75, 3.05) is 19.6 Å². The average Bonchev–Trinajstić information content (AvgIpc) is 2.61. The lowest BCUT2D eigenvalue weighted by atomic mass is 10.0. The summed E-state index contributed by atoms with van der Waals surface area (Å²) in [5.74, 6) is 0.0209. The average molecular weight is 370 g/mol. The van der Waals surface area contributed by atoms with Gasteiger partial charge in [-0.25, -0.2) is 0 Å². The SMILES string of the molecule is CCCCCCCCCCCCCCCCNCC(N)CCNC(=N)N. The van der Waals surface area contributed by atoms with Crippen LogP contribution >= 0.6 is 0 Å². The zero-order valence-corrected chi connectivity index (χ0v) is 17.5. The summed E-state index contributed by atoms with van der Waals surface area (Å²) in [5.41, 5.74) is 11.2. The Labute approximate surface area is 163 Å². The first kappa shape index (κ1) is 25.2. The van der Waals surface area contributed by atoms with E-state index < -0.39 is 0 Å². The van der Waals surface area contributed by atoms with Gasteiger partial charge in [0, 0.05) is 19.1 Å².